The third kappa shape index (κ3) is 4.85. The fourth-order valence-electron chi connectivity index (χ4n) is 3.44. The van der Waals surface area contributed by atoms with Gasteiger partial charge in [0, 0.05) is 29.4 Å². The monoisotopic (exact) mass is 425 g/mol. The van der Waals surface area contributed by atoms with E-state index in [0.29, 0.717) is 33.2 Å². The van der Waals surface area contributed by atoms with Gasteiger partial charge in [0.25, 0.3) is 0 Å². The van der Waals surface area contributed by atoms with Crippen LogP contribution in [0, 0.1) is 13.8 Å². The third-order valence-electron chi connectivity index (χ3n) is 5.29. The molecule has 0 saturated heterocycles. The van der Waals surface area contributed by atoms with Crippen molar-refractivity contribution in [1.29, 1.82) is 0 Å². The first-order valence-electron chi connectivity index (χ1n) is 9.72. The number of rotatable bonds is 7. The van der Waals surface area contributed by atoms with Crippen LogP contribution in [0.25, 0.3) is 11.0 Å². The Labute approximate surface area is 177 Å². The Morgan fingerprint density at radius 3 is 2.35 bits per heavy atom. The fourth-order valence-corrected chi connectivity index (χ4v) is 3.44. The van der Waals surface area contributed by atoms with Gasteiger partial charge in [-0.2, -0.15) is 0 Å². The number of nitrogens with one attached hydrogen (secondary N) is 1. The quantitative estimate of drug-likeness (QED) is 0.427. The van der Waals surface area contributed by atoms with Crippen LogP contribution in [0.15, 0.2) is 45.6 Å². The highest BCUT2D eigenvalue weighted by Crippen LogP contribution is 2.28. The summed E-state index contributed by atoms with van der Waals surface area (Å²) >= 11 is 0. The average Bonchev–Trinajstić information content (AvgIpc) is 2.72. The molecule has 0 fully saturated rings. The molecule has 162 valence electrons. The van der Waals surface area contributed by atoms with Crippen molar-refractivity contribution in [2.24, 2.45) is 0 Å². The van der Waals surface area contributed by atoms with Crippen LogP contribution in [0.2, 0.25) is 0 Å². The summed E-state index contributed by atoms with van der Waals surface area (Å²) in [6.07, 6.45) is 0.0518. The van der Waals surface area contributed by atoms with Gasteiger partial charge in [-0.1, -0.05) is 12.1 Å². The normalized spacial score (nSPS) is 11.9. The van der Waals surface area contributed by atoms with Crippen molar-refractivity contribution < 1.29 is 29.3 Å². The summed E-state index contributed by atoms with van der Waals surface area (Å²) < 4.78 is 5.36. The van der Waals surface area contributed by atoms with E-state index in [0.717, 1.165) is 0 Å². The van der Waals surface area contributed by atoms with Crippen molar-refractivity contribution in [2.45, 2.75) is 39.2 Å². The zero-order valence-corrected chi connectivity index (χ0v) is 17.1. The minimum atomic E-state index is -1.18. The molecule has 3 aromatic rings. The number of aryl methyl sites for hydroxylation is 2. The highest BCUT2D eigenvalue weighted by Gasteiger charge is 2.21. The largest absolute Gasteiger partial charge is 0.508 e. The molecule has 1 amide bonds. The van der Waals surface area contributed by atoms with Gasteiger partial charge in [-0.15, -0.1) is 0 Å². The van der Waals surface area contributed by atoms with Crippen molar-refractivity contribution in [3.05, 3.63) is 69.1 Å². The smallest absolute Gasteiger partial charge is 0.339 e. The Hall–Kier alpha value is -3.81. The Morgan fingerprint density at radius 2 is 1.71 bits per heavy atom. The molecule has 1 aromatic heterocycles. The van der Waals surface area contributed by atoms with Crippen LogP contribution in [-0.4, -0.2) is 33.2 Å². The van der Waals surface area contributed by atoms with E-state index in [4.69, 9.17) is 4.42 Å². The minimum Gasteiger partial charge on any atom is -0.508 e. The molecule has 8 heteroatoms. The van der Waals surface area contributed by atoms with Crippen LogP contribution in [0.1, 0.15) is 28.7 Å². The molecule has 8 nitrogen and oxygen atoms in total. The van der Waals surface area contributed by atoms with Crippen LogP contribution < -0.4 is 10.9 Å². The minimum absolute atomic E-state index is 0.0236. The molecule has 0 aliphatic carbocycles. The first kappa shape index (κ1) is 21.9. The number of amides is 1. The number of carboxylic acid groups (broad SMARTS) is 1. The number of carboxylic acids is 1. The van der Waals surface area contributed by atoms with E-state index in [-0.39, 0.29) is 30.8 Å². The molecule has 0 bridgehead atoms. The molecule has 0 saturated carbocycles. The van der Waals surface area contributed by atoms with Gasteiger partial charge in [-0.3, -0.25) is 4.79 Å². The van der Waals surface area contributed by atoms with Crippen molar-refractivity contribution >= 4 is 22.8 Å². The molecule has 3 rings (SSSR count). The predicted octanol–water partition coefficient (Wildman–Crippen LogP) is 2.57. The Balaban J connectivity index is 1.72. The van der Waals surface area contributed by atoms with E-state index < -0.39 is 23.5 Å². The molecule has 2 aromatic carbocycles. The van der Waals surface area contributed by atoms with E-state index in [2.05, 4.69) is 5.32 Å². The molecule has 0 aliphatic rings. The number of phenolic OH excluding ortho intramolecular Hbond substituents is 2. The molecule has 0 unspecified atom stereocenters. The summed E-state index contributed by atoms with van der Waals surface area (Å²) in [6, 6.07) is 8.08. The van der Waals surface area contributed by atoms with Crippen molar-refractivity contribution in [2.75, 3.05) is 0 Å². The van der Waals surface area contributed by atoms with Gasteiger partial charge in [-0.05, 0) is 55.7 Å². The van der Waals surface area contributed by atoms with Gasteiger partial charge in [0.1, 0.15) is 23.1 Å². The van der Waals surface area contributed by atoms with E-state index in [9.17, 15) is 29.7 Å². The SMILES string of the molecule is Cc1c(CCC(=O)N[C@H](Cc2ccc(O)cc2)C(=O)O)c(=O)oc2c(C)c(O)ccc12. The number of carbonyl (C=O) groups is 2. The highest BCUT2D eigenvalue weighted by atomic mass is 16.4. The van der Waals surface area contributed by atoms with Crippen molar-refractivity contribution in [3.8, 4) is 11.5 Å². The maximum Gasteiger partial charge on any atom is 0.339 e. The standard InChI is InChI=1S/C23H23NO7/c1-12-16-7-9-19(26)13(2)21(16)31-23(30)17(12)8-10-20(27)24-18(22(28)29)11-14-3-5-15(25)6-4-14/h3-7,9,18,25-26H,8,10-11H2,1-2H3,(H,24,27)(H,28,29)/t18-/m1/s1. The third-order valence-corrected chi connectivity index (χ3v) is 5.29. The molecule has 4 N–H and O–H groups in total. The fraction of sp³-hybridized carbons (Fsp3) is 0.261. The first-order valence-corrected chi connectivity index (χ1v) is 9.72. The summed E-state index contributed by atoms with van der Waals surface area (Å²) in [7, 11) is 0. The number of benzene rings is 2. The van der Waals surface area contributed by atoms with Gasteiger partial charge in [0.15, 0.2) is 0 Å². The summed E-state index contributed by atoms with van der Waals surface area (Å²) in [5.74, 6) is -1.60. The maximum absolute atomic E-state index is 12.4. The van der Waals surface area contributed by atoms with Gasteiger partial charge in [-0.25, -0.2) is 9.59 Å². The lowest BCUT2D eigenvalue weighted by Gasteiger charge is -2.15. The van der Waals surface area contributed by atoms with E-state index in [1.165, 1.54) is 18.2 Å². The highest BCUT2D eigenvalue weighted by molar-refractivity contribution is 5.86. The molecule has 0 aliphatic heterocycles. The summed E-state index contributed by atoms with van der Waals surface area (Å²) in [5.41, 5.74) is 1.80. The topological polar surface area (TPSA) is 137 Å². The van der Waals surface area contributed by atoms with E-state index >= 15 is 0 Å². The second kappa shape index (κ2) is 8.91. The lowest BCUT2D eigenvalue weighted by atomic mass is 10.00. The molecule has 31 heavy (non-hydrogen) atoms. The number of phenols is 2. The number of carbonyl (C=O) groups excluding carboxylic acids is 1. The Kier molecular flexibility index (Phi) is 6.29. The number of aliphatic carboxylic acids is 1. The van der Waals surface area contributed by atoms with Crippen LogP contribution in [0.5, 0.6) is 11.5 Å². The van der Waals surface area contributed by atoms with Crippen LogP contribution in [-0.2, 0) is 22.4 Å². The van der Waals surface area contributed by atoms with Gasteiger partial charge in [0.05, 0.1) is 0 Å². The van der Waals surface area contributed by atoms with Crippen molar-refractivity contribution in [3.63, 3.8) is 0 Å². The molecular weight excluding hydrogens is 402 g/mol. The molecule has 0 radical (unpaired) electrons. The van der Waals surface area contributed by atoms with Crippen molar-refractivity contribution in [1.82, 2.24) is 5.32 Å². The van der Waals surface area contributed by atoms with E-state index in [1.807, 2.05) is 0 Å². The second-order valence-corrected chi connectivity index (χ2v) is 7.41. The molecule has 1 heterocycles. The van der Waals surface area contributed by atoms with E-state index in [1.54, 1.807) is 32.0 Å². The van der Waals surface area contributed by atoms with Gasteiger partial charge < -0.3 is 25.1 Å². The lowest BCUT2D eigenvalue weighted by Crippen LogP contribution is -2.42. The number of hydrogen-bond acceptors (Lipinski definition) is 6. The number of fused-ring (bicyclic) bond motifs is 1. The van der Waals surface area contributed by atoms with Crippen LogP contribution in [0.3, 0.4) is 0 Å². The molecular formula is C23H23NO7. The van der Waals surface area contributed by atoms with Gasteiger partial charge >= 0.3 is 11.6 Å². The predicted molar refractivity (Wildman–Crippen MR) is 113 cm³/mol. The number of aromatic hydroxyl groups is 2. The maximum atomic E-state index is 12.4. The van der Waals surface area contributed by atoms with Crippen LogP contribution >= 0.6 is 0 Å². The first-order chi connectivity index (χ1) is 14.7. The zero-order valence-electron chi connectivity index (χ0n) is 17.1. The summed E-state index contributed by atoms with van der Waals surface area (Å²) in [5, 5.41) is 31.7. The summed E-state index contributed by atoms with van der Waals surface area (Å²) in [6.45, 7) is 3.39. The van der Waals surface area contributed by atoms with Crippen LogP contribution in [0.4, 0.5) is 0 Å². The molecule has 1 atom stereocenters. The summed E-state index contributed by atoms with van der Waals surface area (Å²) in [4.78, 5) is 36.4. The Bertz CT molecular complexity index is 1200. The molecule has 0 spiro atoms. The van der Waals surface area contributed by atoms with Gasteiger partial charge in [0.2, 0.25) is 5.91 Å². The second-order valence-electron chi connectivity index (χ2n) is 7.41. The Morgan fingerprint density at radius 1 is 1.03 bits per heavy atom. The lowest BCUT2D eigenvalue weighted by molar-refractivity contribution is -0.141. The average molecular weight is 425 g/mol. The number of hydrogen-bond donors (Lipinski definition) is 4. The zero-order chi connectivity index (χ0) is 22.7.